The molecule has 3 atom stereocenters. The fourth-order valence-corrected chi connectivity index (χ4v) is 6.08. The Morgan fingerprint density at radius 1 is 0.846 bits per heavy atom. The third kappa shape index (κ3) is 2.08. The molecular formula is C26H24. The van der Waals surface area contributed by atoms with Gasteiger partial charge in [0.2, 0.25) is 0 Å². The third-order valence-electron chi connectivity index (χ3n) is 7.35. The molecule has 1 fully saturated rings. The van der Waals surface area contributed by atoms with Gasteiger partial charge in [0.15, 0.2) is 0 Å². The number of hydrogen-bond donors (Lipinski definition) is 0. The lowest BCUT2D eigenvalue weighted by Gasteiger charge is -2.40. The molecule has 0 heterocycles. The number of rotatable bonds is 1. The Hall–Kier alpha value is -2.34. The van der Waals surface area contributed by atoms with Crippen molar-refractivity contribution >= 4 is 10.8 Å². The smallest absolute Gasteiger partial charge is 0.0102 e. The molecule has 0 radical (unpaired) electrons. The number of allylic oxidation sites excluding steroid dienone is 2. The molecule has 0 aliphatic heterocycles. The molecule has 0 heteroatoms. The van der Waals surface area contributed by atoms with Gasteiger partial charge >= 0.3 is 0 Å². The summed E-state index contributed by atoms with van der Waals surface area (Å²) in [7, 11) is 0. The molecule has 26 heavy (non-hydrogen) atoms. The van der Waals surface area contributed by atoms with Crippen molar-refractivity contribution in [3.63, 3.8) is 0 Å². The first-order chi connectivity index (χ1) is 12.8. The molecule has 3 aromatic rings. The Labute approximate surface area is 155 Å². The number of aryl methyl sites for hydroxylation is 1. The van der Waals surface area contributed by atoms with Crippen molar-refractivity contribution in [2.75, 3.05) is 0 Å². The molecule has 3 aliphatic rings. The summed E-state index contributed by atoms with van der Waals surface area (Å²) in [5.41, 5.74) is 6.47. The zero-order valence-electron chi connectivity index (χ0n) is 15.1. The average molecular weight is 336 g/mol. The first kappa shape index (κ1) is 14.8. The van der Waals surface area contributed by atoms with E-state index in [0.29, 0.717) is 5.41 Å². The van der Waals surface area contributed by atoms with Gasteiger partial charge in [-0.25, -0.2) is 0 Å². The van der Waals surface area contributed by atoms with Gasteiger partial charge in [0.25, 0.3) is 0 Å². The van der Waals surface area contributed by atoms with Gasteiger partial charge in [-0.1, -0.05) is 72.8 Å². The van der Waals surface area contributed by atoms with Crippen molar-refractivity contribution in [3.05, 3.63) is 83.9 Å². The normalized spacial score (nSPS) is 28.8. The zero-order chi connectivity index (χ0) is 17.1. The lowest BCUT2D eigenvalue weighted by Crippen LogP contribution is -2.32. The highest BCUT2D eigenvalue weighted by atomic mass is 14.5. The molecular weight excluding hydrogens is 312 g/mol. The van der Waals surface area contributed by atoms with Crippen molar-refractivity contribution in [2.45, 2.75) is 32.1 Å². The fourth-order valence-electron chi connectivity index (χ4n) is 6.08. The minimum Gasteiger partial charge on any atom is -0.0851 e. The van der Waals surface area contributed by atoms with E-state index in [4.69, 9.17) is 0 Å². The summed E-state index contributed by atoms with van der Waals surface area (Å²) in [5, 5.41) is 2.82. The lowest BCUT2D eigenvalue weighted by atomic mass is 9.64. The van der Waals surface area contributed by atoms with Crippen LogP contribution in [0, 0.1) is 17.3 Å². The quantitative estimate of drug-likeness (QED) is 0.440. The first-order valence-corrected chi connectivity index (χ1v) is 10.1. The maximum absolute atomic E-state index is 2.54. The van der Waals surface area contributed by atoms with E-state index >= 15 is 0 Å². The van der Waals surface area contributed by atoms with Crippen LogP contribution in [0.5, 0.6) is 0 Å². The molecule has 2 bridgehead atoms. The van der Waals surface area contributed by atoms with Crippen molar-refractivity contribution in [1.29, 1.82) is 0 Å². The molecule has 0 saturated heterocycles. The van der Waals surface area contributed by atoms with Crippen LogP contribution in [-0.2, 0) is 12.8 Å². The Morgan fingerprint density at radius 2 is 1.77 bits per heavy atom. The molecule has 1 spiro atoms. The van der Waals surface area contributed by atoms with E-state index < -0.39 is 0 Å². The second-order valence-corrected chi connectivity index (χ2v) is 8.74. The lowest BCUT2D eigenvalue weighted by molar-refractivity contribution is 0.195. The molecule has 3 aromatic carbocycles. The highest BCUT2D eigenvalue weighted by Gasteiger charge is 2.49. The van der Waals surface area contributed by atoms with Crippen LogP contribution in [0.2, 0.25) is 0 Å². The number of benzene rings is 3. The number of hydrogen-bond acceptors (Lipinski definition) is 0. The van der Waals surface area contributed by atoms with E-state index in [1.165, 1.54) is 54.0 Å². The summed E-state index contributed by atoms with van der Waals surface area (Å²) in [6.07, 6.45) is 11.8. The van der Waals surface area contributed by atoms with E-state index in [9.17, 15) is 0 Å². The Bertz CT molecular complexity index is 1030. The Morgan fingerprint density at radius 3 is 2.58 bits per heavy atom. The van der Waals surface area contributed by atoms with Crippen molar-refractivity contribution in [1.82, 2.24) is 0 Å². The predicted octanol–water partition coefficient (Wildman–Crippen LogP) is 6.58. The van der Waals surface area contributed by atoms with E-state index in [0.717, 1.165) is 11.8 Å². The molecule has 6 rings (SSSR count). The van der Waals surface area contributed by atoms with Gasteiger partial charge in [0, 0.05) is 0 Å². The molecule has 0 amide bonds. The molecule has 0 N–H and O–H groups in total. The van der Waals surface area contributed by atoms with Crippen LogP contribution in [0.3, 0.4) is 0 Å². The van der Waals surface area contributed by atoms with Gasteiger partial charge in [0.1, 0.15) is 0 Å². The van der Waals surface area contributed by atoms with Crippen LogP contribution in [0.4, 0.5) is 0 Å². The molecule has 0 nitrogen and oxygen atoms in total. The standard InChI is InChI=1S/C26H24/c1-2-5-19(6-3-1)24-8-4-7-21-14-20-11-12-26(17-22(20)15-25(21)24)16-18-9-10-23(26)13-18/h1-10,14-15,18,23H,11-13,16-17H2. The van der Waals surface area contributed by atoms with Gasteiger partial charge in [-0.3, -0.25) is 0 Å². The molecule has 1 saturated carbocycles. The summed E-state index contributed by atoms with van der Waals surface area (Å²) < 4.78 is 0. The van der Waals surface area contributed by atoms with Gasteiger partial charge in [-0.2, -0.15) is 0 Å². The van der Waals surface area contributed by atoms with Gasteiger partial charge in [0.05, 0.1) is 0 Å². The minimum absolute atomic E-state index is 0.557. The molecule has 128 valence electrons. The summed E-state index contributed by atoms with van der Waals surface area (Å²) in [4.78, 5) is 0. The average Bonchev–Trinajstić information content (AvgIpc) is 3.28. The maximum atomic E-state index is 2.54. The maximum Gasteiger partial charge on any atom is -0.0102 e. The topological polar surface area (TPSA) is 0 Å². The van der Waals surface area contributed by atoms with Crippen molar-refractivity contribution in [2.24, 2.45) is 17.3 Å². The highest BCUT2D eigenvalue weighted by Crippen LogP contribution is 2.58. The molecule has 0 aromatic heterocycles. The van der Waals surface area contributed by atoms with Crippen molar-refractivity contribution < 1.29 is 0 Å². The number of fused-ring (bicyclic) bond motifs is 5. The Balaban J connectivity index is 1.49. The monoisotopic (exact) mass is 336 g/mol. The summed E-state index contributed by atoms with van der Waals surface area (Å²) in [5.74, 6) is 1.70. The van der Waals surface area contributed by atoms with Crippen LogP contribution in [0.1, 0.15) is 30.4 Å². The van der Waals surface area contributed by atoms with E-state index in [1.54, 1.807) is 11.1 Å². The summed E-state index contributed by atoms with van der Waals surface area (Å²) >= 11 is 0. The molecule has 3 aliphatic carbocycles. The van der Waals surface area contributed by atoms with Crippen LogP contribution in [0.25, 0.3) is 21.9 Å². The Kier molecular flexibility index (Phi) is 3.03. The van der Waals surface area contributed by atoms with E-state index in [1.807, 2.05) is 0 Å². The fraction of sp³-hybridized carbons (Fsp3) is 0.308. The minimum atomic E-state index is 0.557. The van der Waals surface area contributed by atoms with Crippen LogP contribution < -0.4 is 0 Å². The molecule has 3 unspecified atom stereocenters. The van der Waals surface area contributed by atoms with Crippen molar-refractivity contribution in [3.8, 4) is 11.1 Å². The van der Waals surface area contributed by atoms with Gasteiger partial charge < -0.3 is 0 Å². The second-order valence-electron chi connectivity index (χ2n) is 8.74. The zero-order valence-corrected chi connectivity index (χ0v) is 15.1. The van der Waals surface area contributed by atoms with Gasteiger partial charge in [-0.15, -0.1) is 0 Å². The highest BCUT2D eigenvalue weighted by molar-refractivity contribution is 5.97. The van der Waals surface area contributed by atoms with Crippen LogP contribution in [0.15, 0.2) is 72.8 Å². The van der Waals surface area contributed by atoms with Crippen LogP contribution in [-0.4, -0.2) is 0 Å². The largest absolute Gasteiger partial charge is 0.0851 e. The third-order valence-corrected chi connectivity index (χ3v) is 7.35. The second kappa shape index (κ2) is 5.33. The summed E-state index contributed by atoms with van der Waals surface area (Å²) in [6, 6.07) is 22.6. The van der Waals surface area contributed by atoms with E-state index in [-0.39, 0.29) is 0 Å². The van der Waals surface area contributed by atoms with Gasteiger partial charge in [-0.05, 0) is 82.4 Å². The van der Waals surface area contributed by atoms with E-state index in [2.05, 4.69) is 72.8 Å². The first-order valence-electron chi connectivity index (χ1n) is 10.1. The SMILES string of the molecule is C1=CC2CC1CC21CCc2cc3cccc(-c4ccccc4)c3cc2C1. The predicted molar refractivity (Wildman–Crippen MR) is 109 cm³/mol. The summed E-state index contributed by atoms with van der Waals surface area (Å²) in [6.45, 7) is 0. The van der Waals surface area contributed by atoms with Crippen LogP contribution >= 0.6 is 0 Å².